The Morgan fingerprint density at radius 2 is 2.00 bits per heavy atom. The summed E-state index contributed by atoms with van der Waals surface area (Å²) in [5.41, 5.74) is 9.06. The first-order valence-corrected chi connectivity index (χ1v) is 7.38. The van der Waals surface area contributed by atoms with Crippen LogP contribution < -0.4 is 10.5 Å². The predicted octanol–water partition coefficient (Wildman–Crippen LogP) is 4.27. The number of ether oxygens (including phenoxy) is 1. The topological polar surface area (TPSA) is 35.2 Å². The lowest BCUT2D eigenvalue weighted by Crippen LogP contribution is -1.97. The van der Waals surface area contributed by atoms with Crippen LogP contribution in [0.25, 0.3) is 0 Å². The van der Waals surface area contributed by atoms with Crippen LogP contribution in [-0.2, 0) is 5.75 Å². The number of anilines is 1. The Kier molecular flexibility index (Phi) is 4.74. The quantitative estimate of drug-likeness (QED) is 0.652. The molecule has 0 unspecified atom stereocenters. The smallest absolute Gasteiger partial charge is 0.123 e. The molecule has 0 aromatic heterocycles. The molecule has 2 nitrogen and oxygen atoms in total. The highest BCUT2D eigenvalue weighted by Crippen LogP contribution is 2.29. The zero-order valence-electron chi connectivity index (χ0n) is 11.3. The monoisotopic (exact) mass is 273 g/mol. The number of benzene rings is 2. The third-order valence-corrected chi connectivity index (χ3v) is 3.81. The molecule has 0 amide bonds. The van der Waals surface area contributed by atoms with E-state index in [4.69, 9.17) is 10.5 Å². The van der Waals surface area contributed by atoms with E-state index < -0.39 is 0 Å². The zero-order valence-corrected chi connectivity index (χ0v) is 12.2. The zero-order chi connectivity index (χ0) is 13.7. The molecular weight excluding hydrogens is 254 g/mol. The van der Waals surface area contributed by atoms with Crippen molar-refractivity contribution in [1.29, 1.82) is 0 Å². The van der Waals surface area contributed by atoms with Crippen molar-refractivity contribution in [2.75, 3.05) is 12.3 Å². The summed E-state index contributed by atoms with van der Waals surface area (Å²) in [5.74, 6) is 1.79. The molecule has 2 aromatic carbocycles. The van der Waals surface area contributed by atoms with Crippen molar-refractivity contribution >= 4 is 17.4 Å². The van der Waals surface area contributed by atoms with Gasteiger partial charge in [0.1, 0.15) is 5.75 Å². The summed E-state index contributed by atoms with van der Waals surface area (Å²) in [6, 6.07) is 14.3. The number of thioether (sulfide) groups is 1. The summed E-state index contributed by atoms with van der Waals surface area (Å²) < 4.78 is 5.64. The maximum Gasteiger partial charge on any atom is 0.123 e. The molecule has 0 aliphatic carbocycles. The first-order valence-electron chi connectivity index (χ1n) is 6.39. The van der Waals surface area contributed by atoms with E-state index >= 15 is 0 Å². The minimum Gasteiger partial charge on any atom is -0.494 e. The van der Waals surface area contributed by atoms with E-state index in [9.17, 15) is 0 Å². The minimum absolute atomic E-state index is 0.673. The molecule has 0 aliphatic rings. The second-order valence-electron chi connectivity index (χ2n) is 4.41. The summed E-state index contributed by atoms with van der Waals surface area (Å²) in [4.78, 5) is 1.27. The van der Waals surface area contributed by atoms with Crippen LogP contribution in [0.4, 0.5) is 5.69 Å². The van der Waals surface area contributed by atoms with Crippen molar-refractivity contribution < 1.29 is 4.74 Å². The van der Waals surface area contributed by atoms with Gasteiger partial charge in [0.15, 0.2) is 0 Å². The van der Waals surface area contributed by atoms with Crippen molar-refractivity contribution in [3.63, 3.8) is 0 Å². The molecule has 2 N–H and O–H groups in total. The third kappa shape index (κ3) is 3.93. The first kappa shape index (κ1) is 13.8. The number of hydrogen-bond donors (Lipinski definition) is 1. The van der Waals surface area contributed by atoms with Crippen molar-refractivity contribution in [2.24, 2.45) is 0 Å². The van der Waals surface area contributed by atoms with Gasteiger partial charge in [-0.05, 0) is 44.2 Å². The lowest BCUT2D eigenvalue weighted by atomic mass is 10.2. The van der Waals surface area contributed by atoms with E-state index in [1.807, 2.05) is 25.1 Å². The number of hydrogen-bond acceptors (Lipinski definition) is 3. The molecule has 3 heteroatoms. The van der Waals surface area contributed by atoms with Gasteiger partial charge in [0.05, 0.1) is 6.61 Å². The van der Waals surface area contributed by atoms with Crippen LogP contribution in [0.15, 0.2) is 47.4 Å². The Morgan fingerprint density at radius 3 is 2.74 bits per heavy atom. The normalized spacial score (nSPS) is 10.4. The molecule has 2 aromatic rings. The third-order valence-electron chi connectivity index (χ3n) is 2.77. The van der Waals surface area contributed by atoms with Gasteiger partial charge >= 0.3 is 0 Å². The Balaban J connectivity index is 2.12. The van der Waals surface area contributed by atoms with Crippen LogP contribution in [0.2, 0.25) is 0 Å². The van der Waals surface area contributed by atoms with Crippen molar-refractivity contribution in [3.8, 4) is 5.75 Å². The summed E-state index contributed by atoms with van der Waals surface area (Å²) in [6.45, 7) is 4.77. The van der Waals surface area contributed by atoms with E-state index in [1.165, 1.54) is 10.5 Å². The Bertz CT molecular complexity index is 554. The van der Waals surface area contributed by atoms with E-state index in [-0.39, 0.29) is 0 Å². The molecule has 0 bridgehead atoms. The van der Waals surface area contributed by atoms with Gasteiger partial charge < -0.3 is 10.5 Å². The van der Waals surface area contributed by atoms with Crippen LogP contribution in [0.1, 0.15) is 18.1 Å². The number of rotatable bonds is 5. The van der Waals surface area contributed by atoms with Crippen LogP contribution >= 0.6 is 11.8 Å². The van der Waals surface area contributed by atoms with E-state index in [0.29, 0.717) is 6.61 Å². The number of nitrogens with two attached hydrogens (primary N) is 1. The molecule has 0 radical (unpaired) electrons. The van der Waals surface area contributed by atoms with Gasteiger partial charge in [-0.1, -0.05) is 17.7 Å². The molecule has 0 saturated carbocycles. The van der Waals surface area contributed by atoms with Gasteiger partial charge in [0, 0.05) is 21.9 Å². The minimum atomic E-state index is 0.673. The van der Waals surface area contributed by atoms with Gasteiger partial charge in [-0.2, -0.15) is 0 Å². The highest BCUT2D eigenvalue weighted by molar-refractivity contribution is 7.98. The number of aryl methyl sites for hydroxylation is 1. The average Bonchev–Trinajstić information content (AvgIpc) is 2.39. The standard InChI is InChI=1S/C16H19NOS/c1-3-18-16-8-7-14(17)10-13(16)11-19-15-6-4-5-12(2)9-15/h4-10H,3,11,17H2,1-2H3. The largest absolute Gasteiger partial charge is 0.494 e. The van der Waals surface area contributed by atoms with E-state index in [2.05, 4.69) is 31.2 Å². The molecule has 0 heterocycles. The maximum atomic E-state index is 5.85. The summed E-state index contributed by atoms with van der Waals surface area (Å²) in [7, 11) is 0. The van der Waals surface area contributed by atoms with Crippen LogP contribution in [0.5, 0.6) is 5.75 Å². The van der Waals surface area contributed by atoms with Crippen LogP contribution in [-0.4, -0.2) is 6.61 Å². The SMILES string of the molecule is CCOc1ccc(N)cc1CSc1cccc(C)c1. The molecule has 0 aliphatic heterocycles. The lowest BCUT2D eigenvalue weighted by Gasteiger charge is -2.11. The molecular formula is C16H19NOS. The van der Waals surface area contributed by atoms with E-state index in [0.717, 1.165) is 22.8 Å². The van der Waals surface area contributed by atoms with Crippen LogP contribution in [0, 0.1) is 6.92 Å². The fourth-order valence-electron chi connectivity index (χ4n) is 1.87. The van der Waals surface area contributed by atoms with Gasteiger partial charge in [-0.15, -0.1) is 11.8 Å². The maximum absolute atomic E-state index is 5.85. The summed E-state index contributed by atoms with van der Waals surface area (Å²) >= 11 is 1.80. The Morgan fingerprint density at radius 1 is 1.16 bits per heavy atom. The van der Waals surface area contributed by atoms with Gasteiger partial charge in [0.25, 0.3) is 0 Å². The predicted molar refractivity (Wildman–Crippen MR) is 82.8 cm³/mol. The van der Waals surface area contributed by atoms with Crippen molar-refractivity contribution in [1.82, 2.24) is 0 Å². The van der Waals surface area contributed by atoms with Crippen molar-refractivity contribution in [3.05, 3.63) is 53.6 Å². The van der Waals surface area contributed by atoms with Gasteiger partial charge in [0.2, 0.25) is 0 Å². The van der Waals surface area contributed by atoms with Gasteiger partial charge in [-0.25, -0.2) is 0 Å². The molecule has 2 rings (SSSR count). The second kappa shape index (κ2) is 6.53. The first-order chi connectivity index (χ1) is 9.19. The fraction of sp³-hybridized carbons (Fsp3) is 0.250. The second-order valence-corrected chi connectivity index (χ2v) is 5.45. The highest BCUT2D eigenvalue weighted by Gasteiger charge is 2.05. The highest BCUT2D eigenvalue weighted by atomic mass is 32.2. The molecule has 0 fully saturated rings. The van der Waals surface area contributed by atoms with E-state index in [1.54, 1.807) is 11.8 Å². The average molecular weight is 273 g/mol. The summed E-state index contributed by atoms with van der Waals surface area (Å²) in [6.07, 6.45) is 0. The molecule has 0 spiro atoms. The Hall–Kier alpha value is -1.61. The van der Waals surface area contributed by atoms with Crippen LogP contribution in [0.3, 0.4) is 0 Å². The fourth-order valence-corrected chi connectivity index (χ4v) is 2.87. The van der Waals surface area contributed by atoms with Gasteiger partial charge in [-0.3, -0.25) is 0 Å². The summed E-state index contributed by atoms with van der Waals surface area (Å²) in [5, 5.41) is 0. The molecule has 0 saturated heterocycles. The molecule has 19 heavy (non-hydrogen) atoms. The lowest BCUT2D eigenvalue weighted by molar-refractivity contribution is 0.337. The van der Waals surface area contributed by atoms with Crippen molar-refractivity contribution in [2.45, 2.75) is 24.5 Å². The number of nitrogen functional groups attached to an aromatic ring is 1. The Labute approximate surface area is 119 Å². The molecule has 100 valence electrons. The molecule has 0 atom stereocenters.